The Morgan fingerprint density at radius 3 is 2.74 bits per heavy atom. The van der Waals surface area contributed by atoms with Gasteiger partial charge in [-0.1, -0.05) is 5.18 Å². The van der Waals surface area contributed by atoms with Gasteiger partial charge in [-0.25, -0.2) is 4.98 Å². The lowest BCUT2D eigenvalue weighted by molar-refractivity contribution is 0.0994. The summed E-state index contributed by atoms with van der Waals surface area (Å²) in [6, 6.07) is 7.72. The van der Waals surface area contributed by atoms with Crippen LogP contribution in [-0.4, -0.2) is 55.7 Å². The summed E-state index contributed by atoms with van der Waals surface area (Å²) in [5.41, 5.74) is 3.07. The quantitative estimate of drug-likeness (QED) is 0.490. The molecule has 3 aromatic rings. The number of benzene rings is 1. The molecule has 1 fully saturated rings. The Morgan fingerprint density at radius 1 is 1.20 bits per heavy atom. The first-order chi connectivity index (χ1) is 17.0. The van der Waals surface area contributed by atoms with Gasteiger partial charge in [-0.15, -0.1) is 11.3 Å². The first-order valence-electron chi connectivity index (χ1n) is 11.6. The molecular formula is C24H27N7O3S. The van der Waals surface area contributed by atoms with Crippen LogP contribution in [0.1, 0.15) is 30.1 Å². The number of carbonyl (C=O) groups excluding carboxylic acids is 1. The Hall–Kier alpha value is -3.73. The number of anilines is 6. The number of aromatic nitrogens is 2. The largest absolute Gasteiger partial charge is 0.492 e. The lowest BCUT2D eigenvalue weighted by Crippen LogP contribution is -2.35. The predicted molar refractivity (Wildman–Crippen MR) is 139 cm³/mol. The molecule has 0 atom stereocenters. The number of carbonyl (C=O) groups is 1. The van der Waals surface area contributed by atoms with Crippen molar-refractivity contribution in [2.75, 3.05) is 53.8 Å². The number of amides is 1. The number of nitrogens with zero attached hydrogens (tertiary/aromatic N) is 6. The van der Waals surface area contributed by atoms with Crippen LogP contribution in [0.2, 0.25) is 0 Å². The average molecular weight is 494 g/mol. The molecule has 0 spiro atoms. The molecule has 4 heterocycles. The molecule has 1 N–H and O–H groups in total. The van der Waals surface area contributed by atoms with Gasteiger partial charge in [0.2, 0.25) is 5.95 Å². The highest BCUT2D eigenvalue weighted by atomic mass is 32.1. The monoisotopic (exact) mass is 493 g/mol. The molecule has 0 aliphatic carbocycles. The van der Waals surface area contributed by atoms with E-state index in [-0.39, 0.29) is 11.9 Å². The van der Waals surface area contributed by atoms with Crippen LogP contribution in [0.5, 0.6) is 5.75 Å². The molecule has 0 saturated carbocycles. The van der Waals surface area contributed by atoms with E-state index < -0.39 is 0 Å². The highest BCUT2D eigenvalue weighted by molar-refractivity contribution is 7.14. The Balaban J connectivity index is 1.43. The summed E-state index contributed by atoms with van der Waals surface area (Å²) in [6.45, 7) is 4.02. The maximum atomic E-state index is 12.9. The van der Waals surface area contributed by atoms with Crippen molar-refractivity contribution in [3.05, 3.63) is 46.3 Å². The first-order valence-corrected chi connectivity index (χ1v) is 12.5. The molecule has 182 valence electrons. The summed E-state index contributed by atoms with van der Waals surface area (Å²) in [5.74, 6) is 1.66. The highest BCUT2D eigenvalue weighted by Gasteiger charge is 2.30. The number of rotatable bonds is 6. The number of hydrogen-bond acceptors (Lipinski definition) is 10. The predicted octanol–water partition coefficient (Wildman–Crippen LogP) is 4.77. The van der Waals surface area contributed by atoms with Crippen molar-refractivity contribution in [1.82, 2.24) is 9.97 Å². The van der Waals surface area contributed by atoms with Gasteiger partial charge in [0.05, 0.1) is 30.1 Å². The second kappa shape index (κ2) is 9.49. The summed E-state index contributed by atoms with van der Waals surface area (Å²) in [4.78, 5) is 38.7. The van der Waals surface area contributed by atoms with Crippen molar-refractivity contribution in [1.29, 1.82) is 0 Å². The zero-order valence-corrected chi connectivity index (χ0v) is 20.7. The number of nitrogens with one attached hydrogen (secondary N) is 1. The van der Waals surface area contributed by atoms with Crippen molar-refractivity contribution in [3.8, 4) is 5.75 Å². The number of hydrogen-bond donors (Lipinski definition) is 1. The second-order valence-corrected chi connectivity index (χ2v) is 9.42. The van der Waals surface area contributed by atoms with Crippen LogP contribution in [-0.2, 0) is 0 Å². The third-order valence-electron chi connectivity index (χ3n) is 6.40. The highest BCUT2D eigenvalue weighted by Crippen LogP contribution is 2.41. The van der Waals surface area contributed by atoms with Crippen LogP contribution >= 0.6 is 11.3 Å². The average Bonchev–Trinajstić information content (AvgIpc) is 3.36. The summed E-state index contributed by atoms with van der Waals surface area (Å²) in [5, 5.41) is 9.24. The fourth-order valence-electron chi connectivity index (χ4n) is 4.46. The van der Waals surface area contributed by atoms with Crippen molar-refractivity contribution in [3.63, 3.8) is 0 Å². The Morgan fingerprint density at radius 2 is 2.00 bits per heavy atom. The minimum atomic E-state index is -0.0957. The van der Waals surface area contributed by atoms with E-state index in [4.69, 9.17) is 9.72 Å². The Kier molecular flexibility index (Phi) is 6.25. The van der Waals surface area contributed by atoms with E-state index in [0.29, 0.717) is 35.4 Å². The molecule has 0 unspecified atom stereocenters. The minimum Gasteiger partial charge on any atom is -0.492 e. The number of piperidine rings is 1. The van der Waals surface area contributed by atoms with Crippen LogP contribution in [0, 0.1) is 4.91 Å². The lowest BCUT2D eigenvalue weighted by Gasteiger charge is -2.31. The van der Waals surface area contributed by atoms with E-state index >= 15 is 0 Å². The standard InChI is InChI=1S/C24H27N7O3S/c1-4-34-20-13-16(31-10-7-15(28-33)8-11-31)5-6-18(20)26-24-25-14-19-21(27-24)30(3)23-17(9-12-35-23)22(32)29(19)2/h5-6,9,12-15H,4,7-8,10-11H2,1-3H3,(H,25,26,27). The van der Waals surface area contributed by atoms with E-state index in [2.05, 4.69) is 20.4 Å². The van der Waals surface area contributed by atoms with Gasteiger partial charge >= 0.3 is 0 Å². The lowest BCUT2D eigenvalue weighted by atomic mass is 10.1. The zero-order chi connectivity index (χ0) is 24.5. The third kappa shape index (κ3) is 4.27. The maximum Gasteiger partial charge on any atom is 0.261 e. The number of fused-ring (bicyclic) bond motifs is 2. The summed E-state index contributed by atoms with van der Waals surface area (Å²) in [7, 11) is 3.64. The molecule has 10 nitrogen and oxygen atoms in total. The van der Waals surface area contributed by atoms with Crippen LogP contribution in [0.15, 0.2) is 41.0 Å². The fourth-order valence-corrected chi connectivity index (χ4v) is 5.32. The van der Waals surface area contributed by atoms with Crippen LogP contribution in [0.4, 0.5) is 33.8 Å². The zero-order valence-electron chi connectivity index (χ0n) is 19.9. The van der Waals surface area contributed by atoms with Gasteiger partial charge in [-0.2, -0.15) is 9.89 Å². The summed E-state index contributed by atoms with van der Waals surface area (Å²) < 4.78 is 5.93. The molecule has 11 heteroatoms. The van der Waals surface area contributed by atoms with Crippen molar-refractivity contribution in [2.45, 2.75) is 25.8 Å². The molecule has 2 aliphatic heterocycles. The molecule has 35 heavy (non-hydrogen) atoms. The molecule has 0 radical (unpaired) electrons. The molecule has 2 aliphatic rings. The minimum absolute atomic E-state index is 0.0849. The van der Waals surface area contributed by atoms with Crippen molar-refractivity contribution < 1.29 is 9.53 Å². The SMILES string of the molecule is CCOc1cc(N2CCC(N=O)CC2)ccc1Nc1ncc2c(n1)N(C)c1sccc1C(=O)N2C. The third-order valence-corrected chi connectivity index (χ3v) is 7.39. The van der Waals surface area contributed by atoms with Gasteiger partial charge in [-0.05, 0) is 43.3 Å². The fraction of sp³-hybridized carbons (Fsp3) is 0.375. The molecule has 1 aromatic carbocycles. The van der Waals surface area contributed by atoms with E-state index in [0.717, 1.165) is 42.3 Å². The van der Waals surface area contributed by atoms with Gasteiger partial charge in [0.1, 0.15) is 16.4 Å². The topological polar surface area (TPSA) is 103 Å². The van der Waals surface area contributed by atoms with Crippen LogP contribution in [0.3, 0.4) is 0 Å². The van der Waals surface area contributed by atoms with Gasteiger partial charge in [0, 0.05) is 38.9 Å². The van der Waals surface area contributed by atoms with Gasteiger partial charge < -0.3 is 24.8 Å². The van der Waals surface area contributed by atoms with Crippen molar-refractivity contribution >= 4 is 51.1 Å². The molecule has 0 bridgehead atoms. The Labute approximate surface area is 207 Å². The first kappa shape index (κ1) is 23.0. The number of ether oxygens (including phenoxy) is 1. The van der Waals surface area contributed by atoms with Crippen LogP contribution in [0.25, 0.3) is 0 Å². The van der Waals surface area contributed by atoms with Gasteiger partial charge in [-0.3, -0.25) is 4.79 Å². The van der Waals surface area contributed by atoms with E-state index in [1.807, 2.05) is 48.5 Å². The second-order valence-electron chi connectivity index (χ2n) is 8.53. The molecule has 5 rings (SSSR count). The maximum absolute atomic E-state index is 12.9. The molecule has 2 aromatic heterocycles. The number of thiophene rings is 1. The summed E-state index contributed by atoms with van der Waals surface area (Å²) in [6.07, 6.45) is 3.18. The molecule has 1 saturated heterocycles. The Bertz CT molecular complexity index is 1260. The molecular weight excluding hydrogens is 466 g/mol. The van der Waals surface area contributed by atoms with E-state index in [9.17, 15) is 9.70 Å². The van der Waals surface area contributed by atoms with E-state index in [1.165, 1.54) is 11.3 Å². The normalized spacial score (nSPS) is 16.0. The van der Waals surface area contributed by atoms with Gasteiger partial charge in [0.25, 0.3) is 5.91 Å². The van der Waals surface area contributed by atoms with Crippen molar-refractivity contribution in [2.24, 2.45) is 5.18 Å². The smallest absolute Gasteiger partial charge is 0.261 e. The summed E-state index contributed by atoms with van der Waals surface area (Å²) >= 11 is 1.50. The van der Waals surface area contributed by atoms with Gasteiger partial charge in [0.15, 0.2) is 5.82 Å². The van der Waals surface area contributed by atoms with Crippen LogP contribution < -0.4 is 24.8 Å². The number of nitroso groups, excluding NO2 is 1. The van der Waals surface area contributed by atoms with E-state index in [1.54, 1.807) is 18.1 Å². The molecule has 1 amide bonds.